The van der Waals surface area contributed by atoms with Gasteiger partial charge in [0.05, 0.1) is 36.2 Å². The van der Waals surface area contributed by atoms with E-state index in [0.29, 0.717) is 0 Å². The molecule has 2 aromatic heterocycles. The largest absolute Gasteiger partial charge is 0.497 e. The van der Waals surface area contributed by atoms with Gasteiger partial charge in [-0.1, -0.05) is 0 Å². The van der Waals surface area contributed by atoms with Crippen molar-refractivity contribution in [3.05, 3.63) is 35.4 Å². The minimum Gasteiger partial charge on any atom is -0.497 e. The lowest BCUT2D eigenvalue weighted by atomic mass is 10.1. The molecule has 0 aliphatic carbocycles. The van der Waals surface area contributed by atoms with E-state index in [1.54, 1.807) is 14.2 Å². The molecule has 0 saturated carbocycles. The lowest BCUT2D eigenvalue weighted by Gasteiger charge is -2.12. The molecule has 2 heterocycles. The number of rotatable bonds is 6. The summed E-state index contributed by atoms with van der Waals surface area (Å²) in [5.41, 5.74) is 7.07. The normalized spacial score (nSPS) is 11.8. The Kier molecular flexibility index (Phi) is 5.04. The van der Waals surface area contributed by atoms with Crippen LogP contribution in [0.1, 0.15) is 17.5 Å². The molecule has 29 heavy (non-hydrogen) atoms. The van der Waals surface area contributed by atoms with Crippen LogP contribution < -0.4 is 9.47 Å². The molecule has 4 aromatic rings. The third-order valence-corrected chi connectivity index (χ3v) is 5.54. The molecular weight excluding hydrogens is 364 g/mol. The average molecular weight is 393 g/mol. The predicted octanol–water partition coefficient (Wildman–Crippen LogP) is 4.32. The second-order valence-electron chi connectivity index (χ2n) is 7.85. The number of aryl methyl sites for hydroxylation is 3. The lowest BCUT2D eigenvalue weighted by Crippen LogP contribution is -2.15. The van der Waals surface area contributed by atoms with Gasteiger partial charge in [0.2, 0.25) is 0 Å². The van der Waals surface area contributed by atoms with Gasteiger partial charge in [0.25, 0.3) is 0 Å². The summed E-state index contributed by atoms with van der Waals surface area (Å²) in [5, 5.41) is 0.987. The van der Waals surface area contributed by atoms with Gasteiger partial charge >= 0.3 is 0 Å². The smallest absolute Gasteiger partial charge is 0.160 e. The molecule has 0 aliphatic heterocycles. The Hall–Kier alpha value is -2.86. The summed E-state index contributed by atoms with van der Waals surface area (Å²) in [4.78, 5) is 12.3. The Morgan fingerprint density at radius 2 is 1.62 bits per heavy atom. The number of aromatic nitrogens is 3. The van der Waals surface area contributed by atoms with Crippen molar-refractivity contribution < 1.29 is 9.47 Å². The van der Waals surface area contributed by atoms with Crippen molar-refractivity contribution in [1.29, 1.82) is 0 Å². The zero-order valence-electron chi connectivity index (χ0n) is 18.0. The zero-order valence-corrected chi connectivity index (χ0v) is 18.0. The number of ether oxygens (including phenoxy) is 2. The van der Waals surface area contributed by atoms with Crippen LogP contribution in [0, 0.1) is 13.8 Å². The molecule has 0 unspecified atom stereocenters. The van der Waals surface area contributed by atoms with Gasteiger partial charge in [-0.25, -0.2) is 9.97 Å². The number of nitrogens with zero attached hydrogens (tertiary/aromatic N) is 4. The number of benzene rings is 2. The summed E-state index contributed by atoms with van der Waals surface area (Å²) in [6, 6.07) is 8.20. The first-order chi connectivity index (χ1) is 13.9. The molecule has 4 rings (SSSR count). The van der Waals surface area contributed by atoms with Crippen LogP contribution >= 0.6 is 0 Å². The molecule has 0 fully saturated rings. The molecule has 0 aliphatic rings. The van der Waals surface area contributed by atoms with Crippen molar-refractivity contribution in [1.82, 2.24) is 19.4 Å². The first-order valence-electron chi connectivity index (χ1n) is 9.90. The van der Waals surface area contributed by atoms with E-state index in [0.717, 1.165) is 64.1 Å². The number of fused-ring (bicyclic) bond motifs is 4. The standard InChI is InChI=1S/C23H28N4O2/c1-14-10-17-18(11-15(14)2)25-23-22(24-17)21-19(27(23)9-7-8-26(3)4)12-16(28-5)13-20(21)29-6/h10-13H,7-9H2,1-6H3. The zero-order chi connectivity index (χ0) is 20.7. The fourth-order valence-electron chi connectivity index (χ4n) is 3.85. The van der Waals surface area contributed by atoms with E-state index in [1.165, 1.54) is 11.1 Å². The summed E-state index contributed by atoms with van der Waals surface area (Å²) in [5.74, 6) is 1.52. The molecular formula is C23H28N4O2. The highest BCUT2D eigenvalue weighted by Crippen LogP contribution is 2.38. The van der Waals surface area contributed by atoms with Gasteiger partial charge in [-0.15, -0.1) is 0 Å². The van der Waals surface area contributed by atoms with Crippen LogP contribution in [0.25, 0.3) is 33.1 Å². The van der Waals surface area contributed by atoms with Crippen LogP contribution in [0.15, 0.2) is 24.3 Å². The Labute approximate surface area is 171 Å². The van der Waals surface area contributed by atoms with Crippen molar-refractivity contribution in [2.24, 2.45) is 0 Å². The van der Waals surface area contributed by atoms with Gasteiger partial charge in [0, 0.05) is 18.7 Å². The Balaban J connectivity index is 2.06. The molecule has 6 heteroatoms. The van der Waals surface area contributed by atoms with E-state index in [-0.39, 0.29) is 0 Å². The molecule has 0 spiro atoms. The van der Waals surface area contributed by atoms with Gasteiger partial charge in [0.15, 0.2) is 5.65 Å². The predicted molar refractivity (Wildman–Crippen MR) is 118 cm³/mol. The lowest BCUT2D eigenvalue weighted by molar-refractivity contribution is 0.388. The highest BCUT2D eigenvalue weighted by Gasteiger charge is 2.19. The van der Waals surface area contributed by atoms with E-state index < -0.39 is 0 Å². The van der Waals surface area contributed by atoms with Crippen LogP contribution in [-0.2, 0) is 6.54 Å². The van der Waals surface area contributed by atoms with E-state index in [4.69, 9.17) is 19.4 Å². The van der Waals surface area contributed by atoms with Crippen molar-refractivity contribution in [2.75, 3.05) is 34.9 Å². The summed E-state index contributed by atoms with van der Waals surface area (Å²) >= 11 is 0. The molecule has 6 nitrogen and oxygen atoms in total. The van der Waals surface area contributed by atoms with E-state index in [9.17, 15) is 0 Å². The van der Waals surface area contributed by atoms with Crippen LogP contribution in [-0.4, -0.2) is 54.3 Å². The quantitative estimate of drug-likeness (QED) is 0.489. The fourth-order valence-corrected chi connectivity index (χ4v) is 3.85. The fraction of sp³-hybridized carbons (Fsp3) is 0.391. The topological polar surface area (TPSA) is 52.4 Å². The molecule has 2 aromatic carbocycles. The van der Waals surface area contributed by atoms with Crippen molar-refractivity contribution in [2.45, 2.75) is 26.8 Å². The Morgan fingerprint density at radius 3 is 2.24 bits per heavy atom. The maximum absolute atomic E-state index is 5.72. The molecule has 0 N–H and O–H groups in total. The highest BCUT2D eigenvalue weighted by molar-refractivity contribution is 6.10. The van der Waals surface area contributed by atoms with E-state index in [1.807, 2.05) is 6.07 Å². The van der Waals surface area contributed by atoms with Crippen LogP contribution in [0.2, 0.25) is 0 Å². The van der Waals surface area contributed by atoms with Crippen molar-refractivity contribution >= 4 is 33.1 Å². The third kappa shape index (κ3) is 3.38. The second kappa shape index (κ2) is 7.52. The number of hydrogen-bond acceptors (Lipinski definition) is 5. The monoisotopic (exact) mass is 392 g/mol. The Morgan fingerprint density at radius 1 is 0.931 bits per heavy atom. The van der Waals surface area contributed by atoms with Gasteiger partial charge in [-0.3, -0.25) is 0 Å². The maximum Gasteiger partial charge on any atom is 0.160 e. The van der Waals surface area contributed by atoms with Gasteiger partial charge in [-0.05, 0) is 64.2 Å². The minimum atomic E-state index is 0.758. The highest BCUT2D eigenvalue weighted by atomic mass is 16.5. The Bertz CT molecular complexity index is 1210. The SMILES string of the molecule is COc1cc(OC)c2c3nc4cc(C)c(C)cc4nc3n(CCCN(C)C)c2c1. The molecule has 0 radical (unpaired) electrons. The van der Waals surface area contributed by atoms with Crippen LogP contribution in [0.4, 0.5) is 0 Å². The molecule has 0 bridgehead atoms. The molecule has 0 amide bonds. The second-order valence-corrected chi connectivity index (χ2v) is 7.85. The number of methoxy groups -OCH3 is 2. The third-order valence-electron chi connectivity index (χ3n) is 5.54. The molecule has 0 saturated heterocycles. The van der Waals surface area contributed by atoms with Gasteiger partial charge in [-0.2, -0.15) is 0 Å². The first kappa shape index (κ1) is 19.5. The number of hydrogen-bond donors (Lipinski definition) is 0. The van der Waals surface area contributed by atoms with Gasteiger partial charge < -0.3 is 18.9 Å². The molecule has 0 atom stereocenters. The van der Waals surface area contributed by atoms with E-state index >= 15 is 0 Å². The first-order valence-corrected chi connectivity index (χ1v) is 9.90. The average Bonchev–Trinajstić information content (AvgIpc) is 2.99. The van der Waals surface area contributed by atoms with E-state index in [2.05, 4.69) is 55.6 Å². The van der Waals surface area contributed by atoms with Crippen LogP contribution in [0.3, 0.4) is 0 Å². The summed E-state index contributed by atoms with van der Waals surface area (Å²) in [7, 11) is 7.55. The summed E-state index contributed by atoms with van der Waals surface area (Å²) < 4.78 is 13.5. The van der Waals surface area contributed by atoms with Gasteiger partial charge in [0.1, 0.15) is 17.0 Å². The maximum atomic E-state index is 5.72. The van der Waals surface area contributed by atoms with Crippen molar-refractivity contribution in [3.8, 4) is 11.5 Å². The summed E-state index contributed by atoms with van der Waals surface area (Å²) in [6.45, 7) is 6.07. The minimum absolute atomic E-state index is 0.758. The van der Waals surface area contributed by atoms with Crippen LogP contribution in [0.5, 0.6) is 11.5 Å². The molecule has 152 valence electrons. The van der Waals surface area contributed by atoms with Crippen molar-refractivity contribution in [3.63, 3.8) is 0 Å². The summed E-state index contributed by atoms with van der Waals surface area (Å²) in [6.07, 6.45) is 1.01.